The molecule has 0 aliphatic carbocycles. The Morgan fingerprint density at radius 1 is 1.12 bits per heavy atom. The van der Waals surface area contributed by atoms with Crippen LogP contribution in [0.4, 0.5) is 0 Å². The van der Waals surface area contributed by atoms with Crippen molar-refractivity contribution in [2.24, 2.45) is 0 Å². The molecular formula is C14H22NO+. The van der Waals surface area contributed by atoms with Crippen LogP contribution in [0.5, 0.6) is 0 Å². The standard InChI is InChI=1S/C14H22NO/c1-15(2,3)11-13-16-12-7-10-14-8-5-4-6-9-14/h4-10H,11-13H2,1-3H3/q+1. The number of benzene rings is 1. The third-order valence-electron chi connectivity index (χ3n) is 2.23. The fourth-order valence-electron chi connectivity index (χ4n) is 1.24. The van der Waals surface area contributed by atoms with Gasteiger partial charge in [-0.2, -0.15) is 0 Å². The highest BCUT2D eigenvalue weighted by molar-refractivity contribution is 5.48. The van der Waals surface area contributed by atoms with E-state index < -0.39 is 0 Å². The minimum atomic E-state index is 0.689. The number of hydrogen-bond acceptors (Lipinski definition) is 1. The van der Waals surface area contributed by atoms with Crippen LogP contribution in [0.2, 0.25) is 0 Å². The van der Waals surface area contributed by atoms with E-state index >= 15 is 0 Å². The molecule has 2 heteroatoms. The van der Waals surface area contributed by atoms with Crippen LogP contribution in [0.3, 0.4) is 0 Å². The van der Waals surface area contributed by atoms with Crippen molar-refractivity contribution in [1.29, 1.82) is 0 Å². The summed E-state index contributed by atoms with van der Waals surface area (Å²) in [5, 5.41) is 0. The van der Waals surface area contributed by atoms with E-state index in [0.29, 0.717) is 6.61 Å². The molecule has 16 heavy (non-hydrogen) atoms. The van der Waals surface area contributed by atoms with Gasteiger partial charge in [-0.1, -0.05) is 42.5 Å². The quantitative estimate of drug-likeness (QED) is 0.528. The van der Waals surface area contributed by atoms with Crippen LogP contribution in [-0.2, 0) is 4.74 Å². The van der Waals surface area contributed by atoms with Crippen molar-refractivity contribution in [2.75, 3.05) is 40.9 Å². The van der Waals surface area contributed by atoms with Gasteiger partial charge in [0.15, 0.2) is 0 Å². The average Bonchev–Trinajstić information content (AvgIpc) is 2.23. The van der Waals surface area contributed by atoms with E-state index in [9.17, 15) is 0 Å². The van der Waals surface area contributed by atoms with E-state index in [-0.39, 0.29) is 0 Å². The first-order valence-electron chi connectivity index (χ1n) is 5.68. The maximum absolute atomic E-state index is 5.53. The van der Waals surface area contributed by atoms with Crippen LogP contribution in [0.15, 0.2) is 36.4 Å². The van der Waals surface area contributed by atoms with Gasteiger partial charge in [0, 0.05) is 0 Å². The van der Waals surface area contributed by atoms with E-state index in [1.807, 2.05) is 18.2 Å². The second kappa shape index (κ2) is 6.46. The highest BCUT2D eigenvalue weighted by Crippen LogP contribution is 2.00. The summed E-state index contributed by atoms with van der Waals surface area (Å²) < 4.78 is 6.48. The summed E-state index contributed by atoms with van der Waals surface area (Å²) in [5.41, 5.74) is 1.22. The van der Waals surface area contributed by atoms with Crippen LogP contribution in [0, 0.1) is 0 Å². The molecule has 0 spiro atoms. The lowest BCUT2D eigenvalue weighted by molar-refractivity contribution is -0.870. The Morgan fingerprint density at radius 2 is 1.81 bits per heavy atom. The average molecular weight is 220 g/mol. The van der Waals surface area contributed by atoms with Crippen molar-refractivity contribution in [3.8, 4) is 0 Å². The van der Waals surface area contributed by atoms with Crippen LogP contribution < -0.4 is 0 Å². The summed E-state index contributed by atoms with van der Waals surface area (Å²) in [6, 6.07) is 10.3. The predicted molar refractivity (Wildman–Crippen MR) is 69.2 cm³/mol. The lowest BCUT2D eigenvalue weighted by Crippen LogP contribution is -2.37. The summed E-state index contributed by atoms with van der Waals surface area (Å²) in [5.74, 6) is 0. The first-order chi connectivity index (χ1) is 7.58. The molecule has 0 saturated carbocycles. The third kappa shape index (κ3) is 6.38. The zero-order valence-corrected chi connectivity index (χ0v) is 10.5. The van der Waals surface area contributed by atoms with E-state index in [4.69, 9.17) is 4.74 Å². The minimum absolute atomic E-state index is 0.689. The van der Waals surface area contributed by atoms with Gasteiger partial charge in [0.1, 0.15) is 6.54 Å². The molecule has 0 amide bonds. The van der Waals surface area contributed by atoms with Gasteiger partial charge in [-0.3, -0.25) is 0 Å². The van der Waals surface area contributed by atoms with E-state index in [0.717, 1.165) is 17.6 Å². The number of quaternary nitrogens is 1. The molecule has 0 fully saturated rings. The van der Waals surface area contributed by atoms with Crippen molar-refractivity contribution in [3.05, 3.63) is 42.0 Å². The highest BCUT2D eigenvalue weighted by Gasteiger charge is 2.04. The molecule has 1 aromatic rings. The van der Waals surface area contributed by atoms with Crippen molar-refractivity contribution >= 4 is 6.08 Å². The summed E-state index contributed by atoms with van der Waals surface area (Å²) in [4.78, 5) is 0. The number of hydrogen-bond donors (Lipinski definition) is 0. The van der Waals surface area contributed by atoms with E-state index in [1.54, 1.807) is 0 Å². The summed E-state index contributed by atoms with van der Waals surface area (Å²) in [7, 11) is 6.51. The lowest BCUT2D eigenvalue weighted by atomic mass is 10.2. The van der Waals surface area contributed by atoms with Gasteiger partial charge in [0.25, 0.3) is 0 Å². The molecule has 0 aliphatic rings. The van der Waals surface area contributed by atoms with Crippen molar-refractivity contribution < 1.29 is 9.22 Å². The lowest BCUT2D eigenvalue weighted by Gasteiger charge is -2.23. The molecule has 0 atom stereocenters. The van der Waals surface area contributed by atoms with Gasteiger partial charge in [0.2, 0.25) is 0 Å². The molecule has 0 saturated heterocycles. The Morgan fingerprint density at radius 3 is 2.44 bits per heavy atom. The Hall–Kier alpha value is -1.12. The van der Waals surface area contributed by atoms with Gasteiger partial charge in [-0.05, 0) is 5.56 Å². The summed E-state index contributed by atoms with van der Waals surface area (Å²) >= 11 is 0. The van der Waals surface area contributed by atoms with Crippen molar-refractivity contribution in [2.45, 2.75) is 0 Å². The maximum atomic E-state index is 5.53. The zero-order chi connectivity index (χ0) is 11.9. The maximum Gasteiger partial charge on any atom is 0.102 e. The molecule has 0 aromatic heterocycles. The third-order valence-corrected chi connectivity index (χ3v) is 2.23. The second-order valence-electron chi connectivity index (χ2n) is 4.90. The predicted octanol–water partition coefficient (Wildman–Crippen LogP) is 2.42. The van der Waals surface area contributed by atoms with Crippen LogP contribution >= 0.6 is 0 Å². The Kier molecular flexibility index (Phi) is 5.23. The number of likely N-dealkylation sites (N-methyl/N-ethyl adjacent to an activating group) is 1. The van der Waals surface area contributed by atoms with Crippen LogP contribution in [0.1, 0.15) is 5.56 Å². The normalized spacial score (nSPS) is 12.2. The first kappa shape index (κ1) is 12.9. The van der Waals surface area contributed by atoms with Crippen molar-refractivity contribution in [3.63, 3.8) is 0 Å². The number of rotatable bonds is 6. The molecule has 0 aliphatic heterocycles. The van der Waals surface area contributed by atoms with Gasteiger partial charge < -0.3 is 9.22 Å². The molecule has 88 valence electrons. The fraction of sp³-hybridized carbons (Fsp3) is 0.429. The van der Waals surface area contributed by atoms with E-state index in [1.165, 1.54) is 5.56 Å². The minimum Gasteiger partial charge on any atom is -0.372 e. The molecule has 0 unspecified atom stereocenters. The number of nitrogens with zero attached hydrogens (tertiary/aromatic N) is 1. The molecule has 0 N–H and O–H groups in total. The Labute approximate surface area is 98.7 Å². The molecule has 0 heterocycles. The van der Waals surface area contributed by atoms with E-state index in [2.05, 4.69) is 45.4 Å². The molecule has 1 aromatic carbocycles. The zero-order valence-electron chi connectivity index (χ0n) is 10.5. The summed E-state index contributed by atoms with van der Waals surface area (Å²) in [6.07, 6.45) is 4.15. The largest absolute Gasteiger partial charge is 0.372 e. The fourth-order valence-corrected chi connectivity index (χ4v) is 1.24. The summed E-state index contributed by atoms with van der Waals surface area (Å²) in [6.45, 7) is 2.54. The van der Waals surface area contributed by atoms with Crippen LogP contribution in [-0.4, -0.2) is 45.4 Å². The van der Waals surface area contributed by atoms with Crippen LogP contribution in [0.25, 0.3) is 6.08 Å². The Balaban J connectivity index is 2.14. The highest BCUT2D eigenvalue weighted by atomic mass is 16.5. The molecular weight excluding hydrogens is 198 g/mol. The molecule has 2 nitrogen and oxygen atoms in total. The topological polar surface area (TPSA) is 9.23 Å². The van der Waals surface area contributed by atoms with Gasteiger partial charge in [0.05, 0.1) is 34.4 Å². The smallest absolute Gasteiger partial charge is 0.102 e. The van der Waals surface area contributed by atoms with Gasteiger partial charge in [-0.15, -0.1) is 0 Å². The molecule has 1 rings (SSSR count). The first-order valence-corrected chi connectivity index (χ1v) is 5.68. The second-order valence-corrected chi connectivity index (χ2v) is 4.90. The Bertz CT molecular complexity index is 311. The molecule has 0 radical (unpaired) electrons. The molecule has 0 bridgehead atoms. The SMILES string of the molecule is C[N+](C)(C)CCOCC=Cc1ccccc1. The van der Waals surface area contributed by atoms with Gasteiger partial charge in [-0.25, -0.2) is 0 Å². The van der Waals surface area contributed by atoms with Crippen molar-refractivity contribution in [1.82, 2.24) is 0 Å². The van der Waals surface area contributed by atoms with Gasteiger partial charge >= 0.3 is 0 Å². The monoisotopic (exact) mass is 220 g/mol. The number of ether oxygens (including phenoxy) is 1.